The molecule has 7 nitrogen and oxygen atoms in total. The van der Waals surface area contributed by atoms with Crippen LogP contribution in [0.5, 0.6) is 11.5 Å². The molecule has 0 bridgehead atoms. The second-order valence-electron chi connectivity index (χ2n) is 8.72. The summed E-state index contributed by atoms with van der Waals surface area (Å²) in [5.74, 6) is 2.57. The van der Waals surface area contributed by atoms with Crippen molar-refractivity contribution in [3.05, 3.63) is 24.3 Å². The van der Waals surface area contributed by atoms with E-state index < -0.39 is 0 Å². The van der Waals surface area contributed by atoms with Crippen molar-refractivity contribution in [2.75, 3.05) is 66.6 Å². The maximum absolute atomic E-state index is 5.84. The molecule has 0 radical (unpaired) electrons. The van der Waals surface area contributed by atoms with Crippen LogP contribution in [0.15, 0.2) is 29.3 Å². The number of methoxy groups -OCH3 is 1. The number of nitrogens with one attached hydrogen (secondary N) is 2. The van der Waals surface area contributed by atoms with Gasteiger partial charge in [-0.05, 0) is 90.1 Å². The number of likely N-dealkylation sites (tertiary alicyclic amines) is 2. The number of guanidine groups is 1. The van der Waals surface area contributed by atoms with Crippen molar-refractivity contribution in [2.24, 2.45) is 4.99 Å². The average molecular weight is 432 g/mol. The van der Waals surface area contributed by atoms with Gasteiger partial charge in [-0.25, -0.2) is 0 Å². The summed E-state index contributed by atoms with van der Waals surface area (Å²) < 4.78 is 11.0. The smallest absolute Gasteiger partial charge is 0.191 e. The Morgan fingerprint density at radius 3 is 2.32 bits per heavy atom. The van der Waals surface area contributed by atoms with Gasteiger partial charge in [0.2, 0.25) is 0 Å². The van der Waals surface area contributed by atoms with Crippen LogP contribution in [0.1, 0.15) is 39.0 Å². The molecule has 2 aliphatic heterocycles. The van der Waals surface area contributed by atoms with E-state index in [9.17, 15) is 0 Å². The fourth-order valence-corrected chi connectivity index (χ4v) is 4.56. The molecule has 3 rings (SSSR count). The largest absolute Gasteiger partial charge is 0.497 e. The highest BCUT2D eigenvalue weighted by Crippen LogP contribution is 2.31. The van der Waals surface area contributed by atoms with Gasteiger partial charge in [-0.1, -0.05) is 6.42 Å². The van der Waals surface area contributed by atoms with Gasteiger partial charge in [0.15, 0.2) is 5.96 Å². The Balaban J connectivity index is 1.54. The predicted molar refractivity (Wildman–Crippen MR) is 127 cm³/mol. The van der Waals surface area contributed by atoms with Crippen molar-refractivity contribution < 1.29 is 9.47 Å². The number of benzene rings is 1. The molecule has 0 aliphatic carbocycles. The molecule has 174 valence electrons. The third-order valence-corrected chi connectivity index (χ3v) is 6.54. The first kappa shape index (κ1) is 23.7. The van der Waals surface area contributed by atoms with Crippen molar-refractivity contribution >= 4 is 5.96 Å². The van der Waals surface area contributed by atoms with Crippen LogP contribution in [0, 0.1) is 0 Å². The quantitative estimate of drug-likeness (QED) is 0.356. The van der Waals surface area contributed by atoms with Gasteiger partial charge >= 0.3 is 0 Å². The molecule has 1 aromatic rings. The van der Waals surface area contributed by atoms with Crippen LogP contribution < -0.4 is 20.1 Å². The average Bonchev–Trinajstić information content (AvgIpc) is 2.82. The summed E-state index contributed by atoms with van der Waals surface area (Å²) in [6, 6.07) is 7.69. The molecule has 1 aromatic carbocycles. The SMILES string of the molecule is CCNC(=NCC1(N2CCCCC2)CCN(C)CC1)NCCOc1ccc(OC)cc1. The van der Waals surface area contributed by atoms with Crippen molar-refractivity contribution in [2.45, 2.75) is 44.6 Å². The molecule has 0 amide bonds. The number of hydrogen-bond donors (Lipinski definition) is 2. The molecular formula is C24H41N5O2. The fraction of sp³-hybridized carbons (Fsp3) is 0.708. The predicted octanol–water partition coefficient (Wildman–Crippen LogP) is 2.58. The lowest BCUT2D eigenvalue weighted by atomic mass is 9.84. The maximum Gasteiger partial charge on any atom is 0.191 e. The van der Waals surface area contributed by atoms with E-state index in [1.807, 2.05) is 24.3 Å². The van der Waals surface area contributed by atoms with Gasteiger partial charge in [0, 0.05) is 12.1 Å². The monoisotopic (exact) mass is 431 g/mol. The minimum Gasteiger partial charge on any atom is -0.497 e. The number of aliphatic imine (C=N–C) groups is 1. The topological polar surface area (TPSA) is 61.4 Å². The van der Waals surface area contributed by atoms with E-state index in [1.165, 1.54) is 45.2 Å². The van der Waals surface area contributed by atoms with Crippen LogP contribution in [0.2, 0.25) is 0 Å². The summed E-state index contributed by atoms with van der Waals surface area (Å²) in [7, 11) is 3.90. The number of piperidine rings is 2. The van der Waals surface area contributed by atoms with Gasteiger partial charge in [-0.2, -0.15) is 0 Å². The van der Waals surface area contributed by atoms with E-state index in [0.29, 0.717) is 13.2 Å². The van der Waals surface area contributed by atoms with Gasteiger partial charge in [0.25, 0.3) is 0 Å². The van der Waals surface area contributed by atoms with E-state index in [0.717, 1.165) is 43.6 Å². The molecule has 0 atom stereocenters. The minimum atomic E-state index is 0.203. The number of rotatable bonds is 9. The number of hydrogen-bond acceptors (Lipinski definition) is 5. The molecule has 0 spiro atoms. The molecule has 31 heavy (non-hydrogen) atoms. The molecule has 0 saturated carbocycles. The maximum atomic E-state index is 5.84. The second-order valence-corrected chi connectivity index (χ2v) is 8.72. The molecule has 2 N–H and O–H groups in total. The third-order valence-electron chi connectivity index (χ3n) is 6.54. The Morgan fingerprint density at radius 2 is 1.68 bits per heavy atom. The van der Waals surface area contributed by atoms with E-state index in [4.69, 9.17) is 14.5 Å². The lowest BCUT2D eigenvalue weighted by Gasteiger charge is -2.49. The summed E-state index contributed by atoms with van der Waals surface area (Å²) in [5, 5.41) is 6.84. The first-order valence-corrected chi connectivity index (χ1v) is 11.9. The van der Waals surface area contributed by atoms with Gasteiger partial charge in [0.1, 0.15) is 18.1 Å². The van der Waals surface area contributed by atoms with Crippen LogP contribution in [0.3, 0.4) is 0 Å². The summed E-state index contributed by atoms with van der Waals surface area (Å²) in [6.07, 6.45) is 6.42. The van der Waals surface area contributed by atoms with Crippen LogP contribution in [-0.2, 0) is 0 Å². The number of ether oxygens (including phenoxy) is 2. The van der Waals surface area contributed by atoms with E-state index >= 15 is 0 Å². The summed E-state index contributed by atoms with van der Waals surface area (Å²) in [6.45, 7) is 9.87. The van der Waals surface area contributed by atoms with Gasteiger partial charge in [0.05, 0.1) is 20.2 Å². The summed E-state index contributed by atoms with van der Waals surface area (Å²) in [5.41, 5.74) is 0.203. The Kier molecular flexibility index (Phi) is 9.28. The Morgan fingerprint density at radius 1 is 1.00 bits per heavy atom. The zero-order valence-corrected chi connectivity index (χ0v) is 19.7. The van der Waals surface area contributed by atoms with Crippen LogP contribution in [0.25, 0.3) is 0 Å². The van der Waals surface area contributed by atoms with E-state index in [2.05, 4.69) is 34.4 Å². The first-order chi connectivity index (χ1) is 15.1. The Hall–Kier alpha value is -1.99. The minimum absolute atomic E-state index is 0.203. The van der Waals surface area contributed by atoms with Gasteiger partial charge in [-0.3, -0.25) is 9.89 Å². The van der Waals surface area contributed by atoms with Crippen molar-refractivity contribution in [3.63, 3.8) is 0 Å². The Labute approximate surface area is 188 Å². The normalized spacial score (nSPS) is 20.3. The molecule has 7 heteroatoms. The summed E-state index contributed by atoms with van der Waals surface area (Å²) in [4.78, 5) is 10.2. The highest BCUT2D eigenvalue weighted by molar-refractivity contribution is 5.79. The van der Waals surface area contributed by atoms with Crippen LogP contribution in [-0.4, -0.2) is 87.9 Å². The van der Waals surface area contributed by atoms with Crippen LogP contribution >= 0.6 is 0 Å². The molecular weight excluding hydrogens is 390 g/mol. The molecule has 0 unspecified atom stereocenters. The molecule has 2 aliphatic rings. The van der Waals surface area contributed by atoms with Gasteiger partial charge in [-0.15, -0.1) is 0 Å². The van der Waals surface area contributed by atoms with Crippen molar-refractivity contribution in [1.29, 1.82) is 0 Å². The standard InChI is InChI=1S/C24H41N5O2/c1-4-25-23(26-14-19-31-22-10-8-21(30-3)9-11-22)27-20-24(12-17-28(2)18-13-24)29-15-6-5-7-16-29/h8-11H,4-7,12-20H2,1-3H3,(H2,25,26,27). The van der Waals surface area contributed by atoms with Crippen LogP contribution in [0.4, 0.5) is 0 Å². The molecule has 0 aromatic heterocycles. The fourth-order valence-electron chi connectivity index (χ4n) is 4.56. The zero-order valence-electron chi connectivity index (χ0n) is 19.7. The molecule has 2 saturated heterocycles. The number of nitrogens with zero attached hydrogens (tertiary/aromatic N) is 3. The lowest BCUT2D eigenvalue weighted by molar-refractivity contribution is 0.0208. The van der Waals surface area contributed by atoms with Gasteiger partial charge < -0.3 is 25.0 Å². The van der Waals surface area contributed by atoms with E-state index in [1.54, 1.807) is 7.11 Å². The second kappa shape index (κ2) is 12.2. The third kappa shape index (κ3) is 7.01. The molecule has 2 heterocycles. The zero-order chi connectivity index (χ0) is 21.9. The van der Waals surface area contributed by atoms with Crippen molar-refractivity contribution in [3.8, 4) is 11.5 Å². The highest BCUT2D eigenvalue weighted by Gasteiger charge is 2.39. The Bertz CT molecular complexity index is 665. The first-order valence-electron chi connectivity index (χ1n) is 11.9. The van der Waals surface area contributed by atoms with Crippen molar-refractivity contribution in [1.82, 2.24) is 20.4 Å². The summed E-state index contributed by atoms with van der Waals surface area (Å²) >= 11 is 0. The highest BCUT2D eigenvalue weighted by atomic mass is 16.5. The molecule has 2 fully saturated rings. The lowest BCUT2D eigenvalue weighted by Crippen LogP contribution is -2.58. The van der Waals surface area contributed by atoms with E-state index in [-0.39, 0.29) is 5.54 Å².